The van der Waals surface area contributed by atoms with Crippen molar-refractivity contribution in [3.05, 3.63) is 64.6 Å². The van der Waals surface area contributed by atoms with E-state index in [1.165, 1.54) is 41.6 Å². The SMILES string of the molecule is Cc1onc(-c2c(F)cccc2Cl)c1C(=O)Nc1cccc(S(=O)(=O)N2CCCC2)c1. The summed E-state index contributed by atoms with van der Waals surface area (Å²) < 4.78 is 46.5. The van der Waals surface area contributed by atoms with Gasteiger partial charge in [-0.05, 0) is 50.1 Å². The van der Waals surface area contributed by atoms with Crippen LogP contribution >= 0.6 is 11.6 Å². The van der Waals surface area contributed by atoms with Gasteiger partial charge in [-0.15, -0.1) is 0 Å². The van der Waals surface area contributed by atoms with Crippen LogP contribution in [0, 0.1) is 12.7 Å². The third kappa shape index (κ3) is 4.08. The Morgan fingerprint density at radius 2 is 1.90 bits per heavy atom. The zero-order valence-corrected chi connectivity index (χ0v) is 18.1. The first-order valence-corrected chi connectivity index (χ1v) is 11.4. The van der Waals surface area contributed by atoms with E-state index in [1.807, 2.05) is 0 Å². The Morgan fingerprint density at radius 3 is 2.61 bits per heavy atom. The highest BCUT2D eigenvalue weighted by molar-refractivity contribution is 7.89. The van der Waals surface area contributed by atoms with Gasteiger partial charge >= 0.3 is 0 Å². The number of carbonyl (C=O) groups is 1. The average molecular weight is 464 g/mol. The molecule has 2 heterocycles. The summed E-state index contributed by atoms with van der Waals surface area (Å²) >= 11 is 6.12. The molecule has 10 heteroatoms. The van der Waals surface area contributed by atoms with Gasteiger partial charge in [0.1, 0.15) is 22.8 Å². The van der Waals surface area contributed by atoms with E-state index in [-0.39, 0.29) is 38.2 Å². The van der Waals surface area contributed by atoms with Crippen molar-refractivity contribution >= 4 is 33.2 Å². The van der Waals surface area contributed by atoms with Crippen molar-refractivity contribution in [3.63, 3.8) is 0 Å². The summed E-state index contributed by atoms with van der Waals surface area (Å²) in [6, 6.07) is 10.1. The van der Waals surface area contributed by atoms with Gasteiger partial charge in [0.2, 0.25) is 10.0 Å². The van der Waals surface area contributed by atoms with Crippen LogP contribution in [0.1, 0.15) is 29.0 Å². The Morgan fingerprint density at radius 1 is 1.19 bits per heavy atom. The predicted molar refractivity (Wildman–Crippen MR) is 114 cm³/mol. The molecule has 0 spiro atoms. The molecule has 0 saturated carbocycles. The summed E-state index contributed by atoms with van der Waals surface area (Å²) in [5, 5.41) is 6.55. The van der Waals surface area contributed by atoms with Gasteiger partial charge < -0.3 is 9.84 Å². The lowest BCUT2D eigenvalue weighted by Crippen LogP contribution is -2.27. The molecule has 4 rings (SSSR count). The van der Waals surface area contributed by atoms with Crippen molar-refractivity contribution in [2.75, 3.05) is 18.4 Å². The smallest absolute Gasteiger partial charge is 0.261 e. The molecule has 1 N–H and O–H groups in total. The number of amides is 1. The fourth-order valence-electron chi connectivity index (χ4n) is 3.54. The molecule has 2 aromatic carbocycles. The van der Waals surface area contributed by atoms with Gasteiger partial charge in [0, 0.05) is 18.8 Å². The number of rotatable bonds is 5. The topological polar surface area (TPSA) is 92.5 Å². The molecule has 3 aromatic rings. The van der Waals surface area contributed by atoms with E-state index in [0.29, 0.717) is 13.1 Å². The summed E-state index contributed by atoms with van der Waals surface area (Å²) in [5.41, 5.74) is 0.215. The molecule has 31 heavy (non-hydrogen) atoms. The van der Waals surface area contributed by atoms with Crippen LogP contribution in [0.2, 0.25) is 5.02 Å². The molecule has 1 saturated heterocycles. The highest BCUT2D eigenvalue weighted by Gasteiger charge is 2.28. The quantitative estimate of drug-likeness (QED) is 0.602. The minimum Gasteiger partial charge on any atom is -0.360 e. The molecule has 7 nitrogen and oxygen atoms in total. The van der Waals surface area contributed by atoms with E-state index < -0.39 is 21.7 Å². The molecule has 1 fully saturated rings. The number of benzene rings is 2. The fraction of sp³-hybridized carbons (Fsp3) is 0.238. The fourth-order valence-corrected chi connectivity index (χ4v) is 5.36. The Hall–Kier alpha value is -2.75. The number of aryl methyl sites for hydroxylation is 1. The van der Waals surface area contributed by atoms with Gasteiger partial charge in [0.25, 0.3) is 5.91 Å². The van der Waals surface area contributed by atoms with Crippen LogP contribution < -0.4 is 5.32 Å². The van der Waals surface area contributed by atoms with Crippen molar-refractivity contribution in [2.45, 2.75) is 24.7 Å². The first-order valence-electron chi connectivity index (χ1n) is 9.61. The largest absolute Gasteiger partial charge is 0.360 e. The van der Waals surface area contributed by atoms with Crippen molar-refractivity contribution in [1.82, 2.24) is 9.46 Å². The number of hydrogen-bond donors (Lipinski definition) is 1. The van der Waals surface area contributed by atoms with Gasteiger partial charge in [0.05, 0.1) is 15.5 Å². The number of nitrogens with one attached hydrogen (secondary N) is 1. The number of aromatic nitrogens is 1. The van der Waals surface area contributed by atoms with Gasteiger partial charge in [-0.25, -0.2) is 12.8 Å². The van der Waals surface area contributed by atoms with E-state index in [4.69, 9.17) is 16.1 Å². The molecule has 1 aliphatic rings. The maximum Gasteiger partial charge on any atom is 0.261 e. The number of anilines is 1. The predicted octanol–water partition coefficient (Wildman–Crippen LogP) is 4.48. The third-order valence-corrected chi connectivity index (χ3v) is 7.29. The zero-order valence-electron chi connectivity index (χ0n) is 16.6. The lowest BCUT2D eigenvalue weighted by molar-refractivity contribution is 0.102. The molecule has 1 aliphatic heterocycles. The lowest BCUT2D eigenvalue weighted by atomic mass is 10.0. The highest BCUT2D eigenvalue weighted by Crippen LogP contribution is 2.34. The van der Waals surface area contributed by atoms with Crippen LogP contribution in [0.25, 0.3) is 11.3 Å². The Kier molecular flexibility index (Phi) is 5.83. The number of carbonyl (C=O) groups excluding carboxylic acids is 1. The summed E-state index contributed by atoms with van der Waals surface area (Å²) in [6.07, 6.45) is 1.65. The van der Waals surface area contributed by atoms with Gasteiger partial charge in [-0.2, -0.15) is 4.31 Å². The van der Waals surface area contributed by atoms with Crippen LogP contribution in [0.5, 0.6) is 0 Å². The van der Waals surface area contributed by atoms with Gasteiger partial charge in [-0.1, -0.05) is 28.9 Å². The van der Waals surface area contributed by atoms with Crippen molar-refractivity contribution in [2.24, 2.45) is 0 Å². The number of halogens is 2. The standard InChI is InChI=1S/C21H19ClFN3O4S/c1-13-18(20(25-30-13)19-16(22)8-5-9-17(19)23)21(27)24-14-6-4-7-15(12-14)31(28,29)26-10-2-3-11-26/h4-9,12H,2-3,10-11H2,1H3,(H,24,27). The maximum absolute atomic E-state index is 14.4. The second-order valence-electron chi connectivity index (χ2n) is 7.15. The molecule has 0 aliphatic carbocycles. The zero-order chi connectivity index (χ0) is 22.2. The van der Waals surface area contributed by atoms with Crippen molar-refractivity contribution < 1.29 is 22.1 Å². The summed E-state index contributed by atoms with van der Waals surface area (Å²) in [7, 11) is -3.64. The van der Waals surface area contributed by atoms with Crippen LogP contribution in [0.3, 0.4) is 0 Å². The normalized spacial score (nSPS) is 14.7. The van der Waals surface area contributed by atoms with E-state index in [9.17, 15) is 17.6 Å². The van der Waals surface area contributed by atoms with E-state index in [2.05, 4.69) is 10.5 Å². The highest BCUT2D eigenvalue weighted by atomic mass is 35.5. The minimum absolute atomic E-state index is 0.0137. The Labute approximate surface area is 183 Å². The Bertz CT molecular complexity index is 1230. The minimum atomic E-state index is -3.64. The first-order chi connectivity index (χ1) is 14.8. The molecular weight excluding hydrogens is 445 g/mol. The van der Waals surface area contributed by atoms with Gasteiger partial charge in [-0.3, -0.25) is 4.79 Å². The van der Waals surface area contributed by atoms with Crippen molar-refractivity contribution in [1.29, 1.82) is 0 Å². The monoisotopic (exact) mass is 463 g/mol. The number of hydrogen-bond acceptors (Lipinski definition) is 5. The second-order valence-corrected chi connectivity index (χ2v) is 9.50. The molecule has 0 atom stereocenters. The summed E-state index contributed by atoms with van der Waals surface area (Å²) in [6.45, 7) is 2.48. The molecule has 162 valence electrons. The van der Waals surface area contributed by atoms with Crippen LogP contribution in [-0.2, 0) is 10.0 Å². The molecule has 1 amide bonds. The molecular formula is C21H19ClFN3O4S. The summed E-state index contributed by atoms with van der Waals surface area (Å²) in [5.74, 6) is -1.09. The second kappa shape index (κ2) is 8.41. The number of sulfonamides is 1. The molecule has 1 aromatic heterocycles. The molecule has 0 radical (unpaired) electrons. The third-order valence-electron chi connectivity index (χ3n) is 5.08. The molecule has 0 unspecified atom stereocenters. The van der Waals surface area contributed by atoms with Crippen LogP contribution in [0.4, 0.5) is 10.1 Å². The summed E-state index contributed by atoms with van der Waals surface area (Å²) in [4.78, 5) is 13.1. The number of nitrogens with zero attached hydrogens (tertiary/aromatic N) is 2. The Balaban J connectivity index is 1.66. The maximum atomic E-state index is 14.4. The lowest BCUT2D eigenvalue weighted by Gasteiger charge is -2.16. The van der Waals surface area contributed by atoms with Crippen LogP contribution in [-0.4, -0.2) is 36.9 Å². The molecule has 0 bridgehead atoms. The first kappa shape index (κ1) is 21.5. The van der Waals surface area contributed by atoms with Crippen LogP contribution in [0.15, 0.2) is 51.9 Å². The van der Waals surface area contributed by atoms with Gasteiger partial charge in [0.15, 0.2) is 0 Å². The van der Waals surface area contributed by atoms with E-state index >= 15 is 0 Å². The van der Waals surface area contributed by atoms with E-state index in [1.54, 1.807) is 12.1 Å². The van der Waals surface area contributed by atoms with E-state index in [0.717, 1.165) is 12.8 Å². The van der Waals surface area contributed by atoms with Crippen molar-refractivity contribution in [3.8, 4) is 11.3 Å². The average Bonchev–Trinajstić information content (AvgIpc) is 3.39.